The Morgan fingerprint density at radius 2 is 2.04 bits per heavy atom. The fraction of sp³-hybridized carbons (Fsp3) is 0.316. The Morgan fingerprint density at radius 1 is 1.25 bits per heavy atom. The number of rotatable bonds is 5. The lowest BCUT2D eigenvalue weighted by atomic mass is 10.1. The summed E-state index contributed by atoms with van der Waals surface area (Å²) in [5.41, 5.74) is 1.90. The topological polar surface area (TPSA) is 62.3 Å². The highest BCUT2D eigenvalue weighted by molar-refractivity contribution is 6.02. The Bertz CT molecular complexity index is 703. The van der Waals surface area contributed by atoms with Crippen LogP contribution in [0.3, 0.4) is 0 Å². The van der Waals surface area contributed by atoms with E-state index in [2.05, 4.69) is 10.3 Å². The summed E-state index contributed by atoms with van der Waals surface area (Å²) in [4.78, 5) is 30.6. The van der Waals surface area contributed by atoms with Crippen LogP contribution in [0, 0.1) is 0 Å². The number of nitrogens with one attached hydrogen (secondary N) is 1. The minimum absolute atomic E-state index is 0.0385. The van der Waals surface area contributed by atoms with Gasteiger partial charge in [-0.05, 0) is 43.5 Å². The van der Waals surface area contributed by atoms with Gasteiger partial charge in [0.05, 0.1) is 0 Å². The van der Waals surface area contributed by atoms with Crippen LogP contribution >= 0.6 is 0 Å². The van der Waals surface area contributed by atoms with Gasteiger partial charge in [-0.25, -0.2) is 0 Å². The molecule has 24 heavy (non-hydrogen) atoms. The van der Waals surface area contributed by atoms with Crippen LogP contribution in [0.15, 0.2) is 54.9 Å². The monoisotopic (exact) mass is 323 g/mol. The molecule has 2 heterocycles. The van der Waals surface area contributed by atoms with Gasteiger partial charge < -0.3 is 10.2 Å². The van der Waals surface area contributed by atoms with Gasteiger partial charge in [-0.1, -0.05) is 24.3 Å². The first-order valence-corrected chi connectivity index (χ1v) is 8.21. The molecule has 1 fully saturated rings. The molecule has 1 saturated heterocycles. The van der Waals surface area contributed by atoms with E-state index >= 15 is 0 Å². The predicted molar refractivity (Wildman–Crippen MR) is 92.5 cm³/mol. The zero-order valence-corrected chi connectivity index (χ0v) is 13.7. The predicted octanol–water partition coefficient (Wildman–Crippen LogP) is 2.32. The molecule has 0 bridgehead atoms. The van der Waals surface area contributed by atoms with Crippen molar-refractivity contribution in [2.45, 2.75) is 38.3 Å². The molecule has 1 aromatic carbocycles. The van der Waals surface area contributed by atoms with E-state index in [1.807, 2.05) is 49.4 Å². The summed E-state index contributed by atoms with van der Waals surface area (Å²) in [7, 11) is 0. The number of aromatic nitrogens is 1. The lowest BCUT2D eigenvalue weighted by Gasteiger charge is -2.21. The maximum Gasteiger partial charge on any atom is 0.249 e. The highest BCUT2D eigenvalue weighted by Crippen LogP contribution is 2.26. The molecule has 0 aliphatic carbocycles. The average molecular weight is 323 g/mol. The summed E-state index contributed by atoms with van der Waals surface area (Å²) < 4.78 is 0. The van der Waals surface area contributed by atoms with E-state index in [4.69, 9.17) is 0 Å². The Morgan fingerprint density at radius 3 is 2.75 bits per heavy atom. The van der Waals surface area contributed by atoms with E-state index in [0.717, 1.165) is 11.3 Å². The normalized spacial score (nSPS) is 20.2. The molecule has 5 heteroatoms. The zero-order valence-electron chi connectivity index (χ0n) is 13.7. The summed E-state index contributed by atoms with van der Waals surface area (Å²) >= 11 is 0. The van der Waals surface area contributed by atoms with Gasteiger partial charge in [0.1, 0.15) is 6.04 Å². The number of benzene rings is 1. The maximum absolute atomic E-state index is 12.6. The average Bonchev–Trinajstić information content (AvgIpc) is 2.88. The van der Waals surface area contributed by atoms with Crippen molar-refractivity contribution >= 4 is 17.5 Å². The molecular formula is C19H21N3O2. The van der Waals surface area contributed by atoms with Crippen LogP contribution < -0.4 is 10.2 Å². The molecule has 0 unspecified atom stereocenters. The number of amides is 2. The Labute approximate surface area is 141 Å². The van der Waals surface area contributed by atoms with Crippen LogP contribution in [0.2, 0.25) is 0 Å². The van der Waals surface area contributed by atoms with Crippen molar-refractivity contribution in [1.82, 2.24) is 10.3 Å². The quantitative estimate of drug-likeness (QED) is 0.918. The lowest BCUT2D eigenvalue weighted by molar-refractivity contribution is -0.126. The van der Waals surface area contributed by atoms with Gasteiger partial charge in [-0.2, -0.15) is 0 Å². The number of aryl methyl sites for hydroxylation is 1. The van der Waals surface area contributed by atoms with Crippen molar-refractivity contribution in [1.29, 1.82) is 0 Å². The SMILES string of the molecule is C[C@H]1C[C@H](NC(=O)CCc2cccnc2)C(=O)N1c1ccccc1. The molecule has 3 rings (SSSR count). The van der Waals surface area contributed by atoms with E-state index < -0.39 is 6.04 Å². The minimum atomic E-state index is -0.443. The molecule has 0 saturated carbocycles. The van der Waals surface area contributed by atoms with E-state index in [-0.39, 0.29) is 17.9 Å². The molecule has 1 N–H and O–H groups in total. The Balaban J connectivity index is 1.58. The molecule has 2 aromatic rings. The van der Waals surface area contributed by atoms with Crippen molar-refractivity contribution in [2.24, 2.45) is 0 Å². The fourth-order valence-electron chi connectivity index (χ4n) is 3.09. The second-order valence-corrected chi connectivity index (χ2v) is 6.11. The summed E-state index contributed by atoms with van der Waals surface area (Å²) in [6.07, 6.45) is 5.08. The second-order valence-electron chi connectivity index (χ2n) is 6.11. The molecule has 5 nitrogen and oxygen atoms in total. The van der Waals surface area contributed by atoms with Gasteiger partial charge in [-0.15, -0.1) is 0 Å². The number of nitrogens with zero attached hydrogens (tertiary/aromatic N) is 2. The molecule has 1 aliphatic rings. The van der Waals surface area contributed by atoms with Crippen molar-refractivity contribution in [2.75, 3.05) is 4.90 Å². The van der Waals surface area contributed by atoms with Crippen LogP contribution in [0.4, 0.5) is 5.69 Å². The number of para-hydroxylation sites is 1. The van der Waals surface area contributed by atoms with Crippen LogP contribution in [-0.4, -0.2) is 28.9 Å². The van der Waals surface area contributed by atoms with Crippen LogP contribution in [0.5, 0.6) is 0 Å². The van der Waals surface area contributed by atoms with Crippen molar-refractivity contribution in [3.05, 3.63) is 60.4 Å². The fourth-order valence-corrected chi connectivity index (χ4v) is 3.09. The molecule has 2 amide bonds. The summed E-state index contributed by atoms with van der Waals surface area (Å²) in [6, 6.07) is 13.0. The van der Waals surface area contributed by atoms with Crippen molar-refractivity contribution in [3.63, 3.8) is 0 Å². The smallest absolute Gasteiger partial charge is 0.249 e. The van der Waals surface area contributed by atoms with Crippen LogP contribution in [0.25, 0.3) is 0 Å². The number of carbonyl (C=O) groups excluding carboxylic acids is 2. The number of carbonyl (C=O) groups is 2. The van der Waals surface area contributed by atoms with E-state index in [0.29, 0.717) is 19.3 Å². The van der Waals surface area contributed by atoms with Gasteiger partial charge in [-0.3, -0.25) is 14.6 Å². The van der Waals surface area contributed by atoms with Crippen LogP contribution in [-0.2, 0) is 16.0 Å². The highest BCUT2D eigenvalue weighted by atomic mass is 16.2. The van der Waals surface area contributed by atoms with Crippen molar-refractivity contribution in [3.8, 4) is 0 Å². The third-order valence-corrected chi connectivity index (χ3v) is 4.29. The van der Waals surface area contributed by atoms with Gasteiger partial charge in [0, 0.05) is 30.5 Å². The molecule has 1 aromatic heterocycles. The third kappa shape index (κ3) is 3.62. The molecule has 2 atom stereocenters. The molecule has 0 spiro atoms. The number of hydrogen-bond donors (Lipinski definition) is 1. The van der Waals surface area contributed by atoms with Gasteiger partial charge in [0.2, 0.25) is 11.8 Å². The van der Waals surface area contributed by atoms with E-state index in [9.17, 15) is 9.59 Å². The maximum atomic E-state index is 12.6. The molecule has 124 valence electrons. The van der Waals surface area contributed by atoms with E-state index in [1.54, 1.807) is 17.3 Å². The first kappa shape index (κ1) is 16.2. The molecule has 1 aliphatic heterocycles. The van der Waals surface area contributed by atoms with E-state index in [1.165, 1.54) is 0 Å². The standard InChI is InChI=1S/C19H21N3O2/c1-14-12-17(19(24)22(14)16-7-3-2-4-8-16)21-18(23)10-9-15-6-5-11-20-13-15/h2-8,11,13-14,17H,9-10,12H2,1H3,(H,21,23)/t14-,17-/m0/s1. The second kappa shape index (κ2) is 7.25. The molecular weight excluding hydrogens is 302 g/mol. The zero-order chi connectivity index (χ0) is 16.9. The van der Waals surface area contributed by atoms with Crippen LogP contribution in [0.1, 0.15) is 25.3 Å². The number of hydrogen-bond acceptors (Lipinski definition) is 3. The Hall–Kier alpha value is -2.69. The van der Waals surface area contributed by atoms with Gasteiger partial charge in [0.25, 0.3) is 0 Å². The first-order valence-electron chi connectivity index (χ1n) is 8.21. The molecule has 0 radical (unpaired) electrons. The lowest BCUT2D eigenvalue weighted by Crippen LogP contribution is -2.42. The highest BCUT2D eigenvalue weighted by Gasteiger charge is 2.38. The third-order valence-electron chi connectivity index (χ3n) is 4.29. The summed E-state index contributed by atoms with van der Waals surface area (Å²) in [6.45, 7) is 2.01. The first-order chi connectivity index (χ1) is 11.6. The number of pyridine rings is 1. The number of anilines is 1. The summed E-state index contributed by atoms with van der Waals surface area (Å²) in [5, 5.41) is 2.88. The largest absolute Gasteiger partial charge is 0.344 e. The minimum Gasteiger partial charge on any atom is -0.344 e. The van der Waals surface area contributed by atoms with Gasteiger partial charge in [0.15, 0.2) is 0 Å². The summed E-state index contributed by atoms with van der Waals surface area (Å²) in [5.74, 6) is -0.136. The Kier molecular flexibility index (Phi) is 4.89. The van der Waals surface area contributed by atoms with Crippen molar-refractivity contribution < 1.29 is 9.59 Å². The van der Waals surface area contributed by atoms with Gasteiger partial charge >= 0.3 is 0 Å².